The number of unbranched alkanes of at least 4 members (excludes halogenated alkanes) is 1. The zero-order chi connectivity index (χ0) is 64.7. The molecule has 0 aromatic rings. The van der Waals surface area contributed by atoms with E-state index in [1.54, 1.807) is 7.11 Å². The number of aliphatic hydroxyl groups excluding tert-OH is 9. The number of aliphatic hydroxyl groups is 9. The smallest absolute Gasteiger partial charge is 0.237 e. The lowest BCUT2D eigenvalue weighted by atomic mass is 9.87. The fraction of sp³-hybridized carbons (Fsp3) is 0.870. The van der Waals surface area contributed by atoms with Gasteiger partial charge in [0, 0.05) is 60.0 Å². The average Bonchev–Trinajstić information content (AvgIpc) is 2.57. The fourth-order valence-electron chi connectivity index (χ4n) is 10.3. The summed E-state index contributed by atoms with van der Waals surface area (Å²) in [5.41, 5.74) is 0. The molecule has 3 saturated heterocycles. The number of amides is 7. The zero-order valence-electron chi connectivity index (χ0n) is 50.5. The first kappa shape index (κ1) is 75.9. The Morgan fingerprint density at radius 1 is 0.477 bits per heavy atom. The molecule has 16 unspecified atom stereocenters. The lowest BCUT2D eigenvalue weighted by Crippen LogP contribution is -2.64. The number of hydrogen-bond donors (Lipinski definition) is 16. The second-order valence-corrected chi connectivity index (χ2v) is 21.7. The standard InChI is InChI=1S/C54H96N8O26/c1-30(66)59-41-47(74)44(71)36(27-63)86-52(41)83-22-19-80-16-13-55-39(69)25-62(26-40(70)56-14-17-81-20-23-84-53-42(60-31(2)67)48(75)45(72)37(28-64)87-53)35(7-5-6-12-57-50(77)33-8-10-34(79-4)11-9-33)51(78)58-15-18-82-21-24-85-54-43(61-32(3)68)49(76)46(73)38(29-65)88-54/h33-38,41-49,52-54,63-65,71-76H,5-29H2,1-4H3,(H,55,69)(H,56,70)(H,57,77)(H,58,78)(H,59,66)(H,60,67)(H,61,68). The largest absolute Gasteiger partial charge is 0.394 e. The first-order valence-electron chi connectivity index (χ1n) is 29.8. The Kier molecular flexibility index (Phi) is 35.4. The fourth-order valence-corrected chi connectivity index (χ4v) is 10.3. The molecule has 0 bridgehead atoms. The lowest BCUT2D eigenvalue weighted by molar-refractivity contribution is -0.272. The molecule has 7 amide bonds. The topological polar surface area (TPSA) is 481 Å². The third-order valence-corrected chi connectivity index (χ3v) is 15.0. The van der Waals surface area contributed by atoms with Crippen molar-refractivity contribution in [2.75, 3.05) is 126 Å². The van der Waals surface area contributed by atoms with Crippen molar-refractivity contribution < 1.29 is 127 Å². The number of rotatable bonds is 40. The van der Waals surface area contributed by atoms with Crippen LogP contribution in [0.2, 0.25) is 0 Å². The van der Waals surface area contributed by atoms with E-state index in [1.165, 1.54) is 25.7 Å². The molecule has 4 fully saturated rings. The van der Waals surface area contributed by atoms with Gasteiger partial charge in [0.05, 0.1) is 105 Å². The van der Waals surface area contributed by atoms with Crippen molar-refractivity contribution in [1.82, 2.24) is 42.1 Å². The maximum absolute atomic E-state index is 14.3. The van der Waals surface area contributed by atoms with E-state index in [9.17, 15) is 79.5 Å². The normalized spacial score (nSPS) is 30.2. The average molecular weight is 1270 g/mol. The minimum absolute atomic E-state index is 0.0484. The molecular weight excluding hydrogens is 1180 g/mol. The first-order chi connectivity index (χ1) is 42.1. The van der Waals surface area contributed by atoms with E-state index in [2.05, 4.69) is 37.2 Å². The second kappa shape index (κ2) is 41.1. The minimum atomic E-state index is -1.52. The van der Waals surface area contributed by atoms with Crippen LogP contribution in [-0.2, 0) is 80.9 Å². The maximum Gasteiger partial charge on any atom is 0.237 e. The summed E-state index contributed by atoms with van der Waals surface area (Å²) in [6, 6.07) is -4.62. The molecule has 16 N–H and O–H groups in total. The van der Waals surface area contributed by atoms with Gasteiger partial charge < -0.3 is 131 Å². The van der Waals surface area contributed by atoms with Crippen LogP contribution in [0.3, 0.4) is 0 Å². The Hall–Kier alpha value is -4.51. The monoisotopic (exact) mass is 1270 g/mol. The van der Waals surface area contributed by atoms with Gasteiger partial charge in [0.25, 0.3) is 0 Å². The number of carbonyl (C=O) groups excluding carboxylic acids is 7. The van der Waals surface area contributed by atoms with E-state index < -0.39 is 166 Å². The van der Waals surface area contributed by atoms with Gasteiger partial charge in [-0.3, -0.25) is 38.5 Å². The van der Waals surface area contributed by atoms with E-state index in [1.807, 2.05) is 0 Å². The summed E-state index contributed by atoms with van der Waals surface area (Å²) < 4.78 is 56.1. The van der Waals surface area contributed by atoms with Crippen LogP contribution in [0.5, 0.6) is 0 Å². The molecule has 4 rings (SSSR count). The number of methoxy groups -OCH3 is 1. The van der Waals surface area contributed by atoms with E-state index in [0.717, 1.165) is 12.8 Å². The van der Waals surface area contributed by atoms with Gasteiger partial charge in [-0.15, -0.1) is 0 Å². The molecule has 0 radical (unpaired) electrons. The Balaban J connectivity index is 1.39. The Morgan fingerprint density at radius 2 is 0.852 bits per heavy atom. The van der Waals surface area contributed by atoms with Gasteiger partial charge in [0.15, 0.2) is 18.9 Å². The van der Waals surface area contributed by atoms with Gasteiger partial charge in [-0.05, 0) is 44.9 Å². The van der Waals surface area contributed by atoms with Gasteiger partial charge in [-0.1, -0.05) is 0 Å². The highest BCUT2D eigenvalue weighted by molar-refractivity contribution is 5.86. The van der Waals surface area contributed by atoms with Crippen LogP contribution in [0.15, 0.2) is 0 Å². The third-order valence-electron chi connectivity index (χ3n) is 15.0. The molecule has 0 aromatic carbocycles. The van der Waals surface area contributed by atoms with E-state index in [0.29, 0.717) is 25.7 Å². The molecule has 3 aliphatic heterocycles. The first-order valence-corrected chi connectivity index (χ1v) is 29.8. The van der Waals surface area contributed by atoms with Crippen molar-refractivity contribution in [3.63, 3.8) is 0 Å². The Morgan fingerprint density at radius 3 is 1.20 bits per heavy atom. The summed E-state index contributed by atoms with van der Waals surface area (Å²) >= 11 is 0. The van der Waals surface area contributed by atoms with Crippen LogP contribution in [-0.4, -0.2) is 322 Å². The molecule has 3 heterocycles. The number of carbonyl (C=O) groups is 7. The zero-order valence-corrected chi connectivity index (χ0v) is 50.5. The SMILES string of the molecule is COC1CCC(C(=O)NCCCCC(C(=O)NCCOCCOC2OC(CO)C(O)C(O)C2NC(C)=O)N(CC(=O)NCCOCCOC2OC(CO)C(O)C(O)C2NC(C)=O)CC(=O)NCCOCCOC2OC(CO)C(O)C(O)C2NC(C)=O)CC1. The van der Waals surface area contributed by atoms with Crippen LogP contribution in [0.1, 0.15) is 65.7 Å². The summed E-state index contributed by atoms with van der Waals surface area (Å²) in [7, 11) is 1.65. The predicted molar refractivity (Wildman–Crippen MR) is 300 cm³/mol. The number of nitrogens with one attached hydrogen (secondary N) is 7. The molecule has 34 heteroatoms. The van der Waals surface area contributed by atoms with Gasteiger partial charge in [0.2, 0.25) is 41.4 Å². The van der Waals surface area contributed by atoms with E-state index in [4.69, 9.17) is 47.4 Å². The van der Waals surface area contributed by atoms with Crippen LogP contribution < -0.4 is 37.2 Å². The Labute approximate surface area is 510 Å². The molecule has 508 valence electrons. The van der Waals surface area contributed by atoms with Crippen molar-refractivity contribution >= 4 is 41.4 Å². The molecule has 1 saturated carbocycles. The quantitative estimate of drug-likeness (QED) is 0.0253. The second-order valence-electron chi connectivity index (χ2n) is 21.7. The predicted octanol–water partition coefficient (Wildman–Crippen LogP) is -8.57. The molecule has 4 aliphatic rings. The maximum atomic E-state index is 14.3. The van der Waals surface area contributed by atoms with Crippen molar-refractivity contribution in [1.29, 1.82) is 0 Å². The molecule has 34 nitrogen and oxygen atoms in total. The van der Waals surface area contributed by atoms with Crippen LogP contribution in [0.4, 0.5) is 0 Å². The summed E-state index contributed by atoms with van der Waals surface area (Å²) in [4.78, 5) is 91.6. The summed E-state index contributed by atoms with van der Waals surface area (Å²) in [5.74, 6) is -3.63. The Bertz CT molecular complexity index is 2010. The van der Waals surface area contributed by atoms with Gasteiger partial charge in [-0.2, -0.15) is 0 Å². The highest BCUT2D eigenvalue weighted by Crippen LogP contribution is 2.27. The number of hydrogen-bond acceptors (Lipinski definition) is 27. The highest BCUT2D eigenvalue weighted by Gasteiger charge is 2.48. The molecule has 88 heavy (non-hydrogen) atoms. The highest BCUT2D eigenvalue weighted by atomic mass is 16.7. The summed E-state index contributed by atoms with van der Waals surface area (Å²) in [5, 5.41) is 110. The van der Waals surface area contributed by atoms with Crippen molar-refractivity contribution in [3.8, 4) is 0 Å². The van der Waals surface area contributed by atoms with Crippen molar-refractivity contribution in [2.45, 2.75) is 170 Å². The molecule has 0 spiro atoms. The van der Waals surface area contributed by atoms with Crippen LogP contribution in [0.25, 0.3) is 0 Å². The third kappa shape index (κ3) is 25.6. The molecule has 0 aromatic heterocycles. The van der Waals surface area contributed by atoms with Crippen molar-refractivity contribution in [3.05, 3.63) is 0 Å². The van der Waals surface area contributed by atoms with Gasteiger partial charge in [0.1, 0.15) is 73.1 Å². The van der Waals surface area contributed by atoms with Crippen LogP contribution >= 0.6 is 0 Å². The molecule has 1 aliphatic carbocycles. The molecule has 16 atom stereocenters. The summed E-state index contributed by atoms with van der Waals surface area (Å²) in [6.07, 6.45) is -12.6. The molecular formula is C54H96N8O26. The van der Waals surface area contributed by atoms with E-state index in [-0.39, 0.29) is 110 Å². The number of ether oxygens (including phenoxy) is 10. The van der Waals surface area contributed by atoms with E-state index >= 15 is 0 Å². The minimum Gasteiger partial charge on any atom is -0.394 e. The van der Waals surface area contributed by atoms with Crippen LogP contribution in [0, 0.1) is 5.92 Å². The summed E-state index contributed by atoms with van der Waals surface area (Å²) in [6.45, 7) is 0.0823. The van der Waals surface area contributed by atoms with Gasteiger partial charge >= 0.3 is 0 Å². The van der Waals surface area contributed by atoms with Crippen molar-refractivity contribution in [2.24, 2.45) is 5.92 Å². The lowest BCUT2D eigenvalue weighted by Gasteiger charge is -2.42. The van der Waals surface area contributed by atoms with Gasteiger partial charge in [-0.25, -0.2) is 0 Å². The number of nitrogens with zero attached hydrogens (tertiary/aromatic N) is 1.